The van der Waals surface area contributed by atoms with Crippen molar-refractivity contribution in [1.82, 2.24) is 0 Å². The van der Waals surface area contributed by atoms with Crippen molar-refractivity contribution in [3.8, 4) is 17.2 Å². The van der Waals surface area contributed by atoms with Gasteiger partial charge in [-0.15, -0.1) is 13.2 Å². The van der Waals surface area contributed by atoms with Crippen LogP contribution in [0.25, 0.3) is 0 Å². The number of aliphatic carboxylic acids is 1. The first kappa shape index (κ1) is 24.4. The van der Waals surface area contributed by atoms with E-state index in [0.29, 0.717) is 37.2 Å². The highest BCUT2D eigenvalue weighted by molar-refractivity contribution is 5.67. The minimum absolute atomic E-state index is 0.0284. The van der Waals surface area contributed by atoms with E-state index in [1.165, 1.54) is 12.1 Å². The third-order valence-corrected chi connectivity index (χ3v) is 4.69. The number of hydrogen-bond acceptors (Lipinski definition) is 4. The first-order valence-corrected chi connectivity index (χ1v) is 10.1. The molecule has 1 atom stereocenters. The molecule has 0 aliphatic heterocycles. The molecule has 0 aliphatic rings. The lowest BCUT2D eigenvalue weighted by atomic mass is 10.0. The van der Waals surface area contributed by atoms with Gasteiger partial charge in [-0.3, -0.25) is 4.79 Å². The molecule has 1 unspecified atom stereocenters. The SMILES string of the molecule is CCc1ccc(OC(C)CCOc2ccc(CCC(=O)O)c(C)c2)c(OC(F)(F)F)c1. The monoisotopic (exact) mass is 440 g/mol. The Morgan fingerprint density at radius 1 is 1.13 bits per heavy atom. The van der Waals surface area contributed by atoms with E-state index in [4.69, 9.17) is 14.6 Å². The summed E-state index contributed by atoms with van der Waals surface area (Å²) < 4.78 is 53.6. The van der Waals surface area contributed by atoms with Crippen molar-refractivity contribution >= 4 is 5.97 Å². The maximum Gasteiger partial charge on any atom is 0.573 e. The molecular weight excluding hydrogens is 413 g/mol. The number of benzene rings is 2. The van der Waals surface area contributed by atoms with Gasteiger partial charge in [0.15, 0.2) is 11.5 Å². The van der Waals surface area contributed by atoms with Crippen LogP contribution in [0.3, 0.4) is 0 Å². The smallest absolute Gasteiger partial charge is 0.493 e. The lowest BCUT2D eigenvalue weighted by Gasteiger charge is -2.19. The number of hydrogen-bond donors (Lipinski definition) is 1. The average Bonchev–Trinajstić information content (AvgIpc) is 2.67. The normalized spacial score (nSPS) is 12.3. The molecule has 0 fully saturated rings. The minimum atomic E-state index is -4.80. The fourth-order valence-electron chi connectivity index (χ4n) is 2.97. The fraction of sp³-hybridized carbons (Fsp3) is 0.435. The van der Waals surface area contributed by atoms with Crippen molar-refractivity contribution in [1.29, 1.82) is 0 Å². The molecule has 0 aliphatic carbocycles. The molecule has 1 N–H and O–H groups in total. The molecular formula is C23H27F3O5. The minimum Gasteiger partial charge on any atom is -0.493 e. The van der Waals surface area contributed by atoms with Crippen LogP contribution in [0.5, 0.6) is 17.2 Å². The maximum atomic E-state index is 12.7. The van der Waals surface area contributed by atoms with Gasteiger partial charge >= 0.3 is 12.3 Å². The Bertz CT molecular complexity index is 880. The Labute approximate surface area is 179 Å². The average molecular weight is 440 g/mol. The quantitative estimate of drug-likeness (QED) is 0.485. The third-order valence-electron chi connectivity index (χ3n) is 4.69. The highest BCUT2D eigenvalue weighted by Crippen LogP contribution is 2.34. The van der Waals surface area contributed by atoms with E-state index in [2.05, 4.69) is 4.74 Å². The van der Waals surface area contributed by atoms with Gasteiger partial charge in [-0.25, -0.2) is 0 Å². The summed E-state index contributed by atoms with van der Waals surface area (Å²) in [4.78, 5) is 10.7. The predicted octanol–water partition coefficient (Wildman–Crippen LogP) is 5.71. The fourth-order valence-corrected chi connectivity index (χ4v) is 2.97. The van der Waals surface area contributed by atoms with Gasteiger partial charge in [0.1, 0.15) is 5.75 Å². The third kappa shape index (κ3) is 8.39. The van der Waals surface area contributed by atoms with Crippen molar-refractivity contribution in [2.24, 2.45) is 0 Å². The number of rotatable bonds is 11. The van der Waals surface area contributed by atoms with Crippen LogP contribution in [0.4, 0.5) is 13.2 Å². The van der Waals surface area contributed by atoms with Crippen LogP contribution in [0.1, 0.15) is 43.4 Å². The predicted molar refractivity (Wildman–Crippen MR) is 110 cm³/mol. The zero-order valence-corrected chi connectivity index (χ0v) is 17.8. The summed E-state index contributed by atoms with van der Waals surface area (Å²) in [6.07, 6.45) is -3.67. The Morgan fingerprint density at radius 2 is 1.87 bits per heavy atom. The molecule has 0 spiro atoms. The van der Waals surface area contributed by atoms with Crippen LogP contribution >= 0.6 is 0 Å². The Kier molecular flexibility index (Phi) is 8.59. The molecule has 2 aromatic rings. The van der Waals surface area contributed by atoms with Crippen LogP contribution in [0.2, 0.25) is 0 Å². The molecule has 0 radical (unpaired) electrons. The molecule has 0 heterocycles. The Balaban J connectivity index is 1.91. The van der Waals surface area contributed by atoms with Crippen molar-refractivity contribution in [3.05, 3.63) is 53.1 Å². The zero-order valence-electron chi connectivity index (χ0n) is 17.8. The van der Waals surface area contributed by atoms with Gasteiger partial charge in [-0.1, -0.05) is 19.1 Å². The lowest BCUT2D eigenvalue weighted by molar-refractivity contribution is -0.275. The Hall–Kier alpha value is -2.90. The van der Waals surface area contributed by atoms with Gasteiger partial charge in [0.05, 0.1) is 12.7 Å². The molecule has 0 aromatic heterocycles. The van der Waals surface area contributed by atoms with Crippen molar-refractivity contribution in [3.63, 3.8) is 0 Å². The number of ether oxygens (including phenoxy) is 3. The first-order valence-electron chi connectivity index (χ1n) is 10.1. The molecule has 5 nitrogen and oxygen atoms in total. The zero-order chi connectivity index (χ0) is 23.0. The molecule has 0 amide bonds. The first-order chi connectivity index (χ1) is 14.6. The van der Waals surface area contributed by atoms with E-state index < -0.39 is 18.4 Å². The number of carboxylic acid groups (broad SMARTS) is 1. The maximum absolute atomic E-state index is 12.7. The van der Waals surface area contributed by atoms with Crippen LogP contribution < -0.4 is 14.2 Å². The van der Waals surface area contributed by atoms with Gasteiger partial charge in [-0.05, 0) is 67.6 Å². The Morgan fingerprint density at radius 3 is 2.48 bits per heavy atom. The number of aryl methyl sites for hydroxylation is 3. The van der Waals surface area contributed by atoms with E-state index >= 15 is 0 Å². The second-order valence-electron chi connectivity index (χ2n) is 7.23. The highest BCUT2D eigenvalue weighted by atomic mass is 19.4. The summed E-state index contributed by atoms with van der Waals surface area (Å²) in [5.41, 5.74) is 2.59. The summed E-state index contributed by atoms with van der Waals surface area (Å²) in [7, 11) is 0. The van der Waals surface area contributed by atoms with E-state index in [-0.39, 0.29) is 17.9 Å². The van der Waals surface area contributed by atoms with E-state index in [0.717, 1.165) is 11.1 Å². The van der Waals surface area contributed by atoms with E-state index in [1.807, 2.05) is 26.0 Å². The van der Waals surface area contributed by atoms with Gasteiger partial charge in [0.25, 0.3) is 0 Å². The topological polar surface area (TPSA) is 65.0 Å². The van der Waals surface area contributed by atoms with Crippen LogP contribution in [-0.2, 0) is 17.6 Å². The molecule has 0 saturated carbocycles. The summed E-state index contributed by atoms with van der Waals surface area (Å²) in [5, 5.41) is 8.79. The van der Waals surface area contributed by atoms with Gasteiger partial charge in [-0.2, -0.15) is 0 Å². The summed E-state index contributed by atoms with van der Waals surface area (Å²) in [5.74, 6) is -0.535. The van der Waals surface area contributed by atoms with Crippen LogP contribution in [0.15, 0.2) is 36.4 Å². The van der Waals surface area contributed by atoms with Gasteiger partial charge < -0.3 is 19.3 Å². The second-order valence-corrected chi connectivity index (χ2v) is 7.23. The molecule has 0 saturated heterocycles. The summed E-state index contributed by atoms with van der Waals surface area (Å²) >= 11 is 0. The standard InChI is InChI=1S/C23H27F3O5/c1-4-17-5-9-20(21(14-17)31-23(24,25)26)30-16(3)11-12-29-19-8-6-18(15(2)13-19)7-10-22(27)28/h5-6,8-9,13-14,16H,4,7,10-12H2,1-3H3,(H,27,28). The van der Waals surface area contributed by atoms with Crippen molar-refractivity contribution < 1.29 is 37.3 Å². The van der Waals surface area contributed by atoms with E-state index in [1.54, 1.807) is 19.1 Å². The largest absolute Gasteiger partial charge is 0.573 e. The number of alkyl halides is 3. The lowest BCUT2D eigenvalue weighted by Crippen LogP contribution is -2.20. The van der Waals surface area contributed by atoms with Gasteiger partial charge in [0.2, 0.25) is 0 Å². The van der Waals surface area contributed by atoms with Crippen molar-refractivity contribution in [2.75, 3.05) is 6.61 Å². The second kappa shape index (κ2) is 10.9. The number of halogens is 3. The summed E-state index contributed by atoms with van der Waals surface area (Å²) in [6, 6.07) is 9.97. The van der Waals surface area contributed by atoms with Gasteiger partial charge in [0, 0.05) is 12.8 Å². The molecule has 31 heavy (non-hydrogen) atoms. The molecule has 0 bridgehead atoms. The van der Waals surface area contributed by atoms with E-state index in [9.17, 15) is 18.0 Å². The molecule has 2 aromatic carbocycles. The van der Waals surface area contributed by atoms with Crippen molar-refractivity contribution in [2.45, 2.75) is 58.9 Å². The van der Waals surface area contributed by atoms with Crippen LogP contribution in [0, 0.1) is 6.92 Å². The molecule has 170 valence electrons. The van der Waals surface area contributed by atoms with Crippen LogP contribution in [-0.4, -0.2) is 30.1 Å². The molecule has 2 rings (SSSR count). The number of carbonyl (C=O) groups is 1. The summed E-state index contributed by atoms with van der Waals surface area (Å²) in [6.45, 7) is 5.78. The highest BCUT2D eigenvalue weighted by Gasteiger charge is 2.32. The number of carboxylic acids is 1. The molecule has 8 heteroatoms.